The van der Waals surface area contributed by atoms with Crippen LogP contribution in [0.25, 0.3) is 11.4 Å². The number of sulfonamides is 1. The maximum atomic E-state index is 13.1. The van der Waals surface area contributed by atoms with Crippen LogP contribution >= 0.6 is 11.6 Å². The van der Waals surface area contributed by atoms with Gasteiger partial charge in [0.25, 0.3) is 10.0 Å². The summed E-state index contributed by atoms with van der Waals surface area (Å²) in [5, 5.41) is 22.9. The number of hydrogen-bond acceptors (Lipinski definition) is 8. The molecule has 0 atom stereocenters. The van der Waals surface area contributed by atoms with Crippen molar-refractivity contribution in [2.75, 3.05) is 23.7 Å². The van der Waals surface area contributed by atoms with E-state index < -0.39 is 16.0 Å². The van der Waals surface area contributed by atoms with Gasteiger partial charge in [0.15, 0.2) is 0 Å². The van der Waals surface area contributed by atoms with E-state index in [4.69, 9.17) is 27.2 Å². The van der Waals surface area contributed by atoms with Crippen molar-refractivity contribution >= 4 is 39.0 Å². The van der Waals surface area contributed by atoms with E-state index in [1.165, 1.54) is 35.7 Å². The Labute approximate surface area is 211 Å². The molecule has 13 heteroatoms. The van der Waals surface area contributed by atoms with Crippen LogP contribution in [0, 0.1) is 0 Å². The molecule has 0 unspecified atom stereocenters. The number of anilines is 2. The number of carbonyl (C=O) groups is 1. The van der Waals surface area contributed by atoms with Crippen LogP contribution in [0.5, 0.6) is 5.75 Å². The number of nitrogens with two attached hydrogens (primary N) is 1. The van der Waals surface area contributed by atoms with Gasteiger partial charge in [0.1, 0.15) is 10.6 Å². The summed E-state index contributed by atoms with van der Waals surface area (Å²) < 4.78 is 32.4. The van der Waals surface area contributed by atoms with E-state index in [1.807, 2.05) is 12.1 Å². The summed E-state index contributed by atoms with van der Waals surface area (Å²) in [6, 6.07) is 16.1. The second kappa shape index (κ2) is 10.2. The molecule has 1 aromatic heterocycles. The van der Waals surface area contributed by atoms with Crippen LogP contribution < -0.4 is 14.8 Å². The van der Waals surface area contributed by atoms with E-state index in [1.54, 1.807) is 24.3 Å². The number of carboxylic acids is 1. The van der Waals surface area contributed by atoms with E-state index in [0.717, 1.165) is 16.8 Å². The summed E-state index contributed by atoms with van der Waals surface area (Å²) in [6.07, 6.45) is 0.511. The third-order valence-corrected chi connectivity index (χ3v) is 7.46. The molecular weight excluding hydrogens is 508 g/mol. The lowest BCUT2D eigenvalue weighted by Crippen LogP contribution is -2.29. The number of fused-ring (bicyclic) bond motifs is 1. The molecule has 1 aliphatic rings. The van der Waals surface area contributed by atoms with Crippen LogP contribution in [0.4, 0.5) is 11.4 Å². The van der Waals surface area contributed by atoms with Crippen molar-refractivity contribution < 1.29 is 23.1 Å². The lowest BCUT2D eigenvalue weighted by molar-refractivity contribution is 0.0697. The average Bonchev–Trinajstić information content (AvgIpc) is 3.55. The topological polar surface area (TPSA) is 164 Å². The molecule has 186 valence electrons. The predicted molar refractivity (Wildman–Crippen MR) is 134 cm³/mol. The Morgan fingerprint density at radius 1 is 1.14 bits per heavy atom. The van der Waals surface area contributed by atoms with E-state index in [9.17, 15) is 13.2 Å². The standard InChI is InChI=1S/C16H14ClNO5S.C7H7N5/c1-23-14-5-4-12(17)9-15(14)24(21,22)18-7-6-10-2-3-11(16(19)20)8-13(10)18;8-6-3-1-5(2-4-6)7-9-11-12-10-7/h2-5,8-9H,6-7H2,1H3,(H,19,20);1-4H,8H2,(H,9,10,11,12). The molecule has 0 aliphatic carbocycles. The molecule has 0 bridgehead atoms. The third-order valence-electron chi connectivity index (χ3n) is 5.39. The molecule has 0 radical (unpaired) electrons. The van der Waals surface area contributed by atoms with Gasteiger partial charge in [0.2, 0.25) is 5.82 Å². The first kappa shape index (κ1) is 24.9. The van der Waals surface area contributed by atoms with Gasteiger partial charge >= 0.3 is 5.97 Å². The molecule has 5 rings (SSSR count). The fourth-order valence-electron chi connectivity index (χ4n) is 3.62. The van der Waals surface area contributed by atoms with Crippen molar-refractivity contribution in [3.63, 3.8) is 0 Å². The number of benzene rings is 3. The number of hydrogen-bond donors (Lipinski definition) is 3. The van der Waals surface area contributed by atoms with Crippen LogP contribution in [0.15, 0.2) is 65.6 Å². The molecule has 4 N–H and O–H groups in total. The van der Waals surface area contributed by atoms with Gasteiger partial charge in [-0.25, -0.2) is 13.2 Å². The summed E-state index contributed by atoms with van der Waals surface area (Å²) in [7, 11) is -2.55. The number of nitrogens with one attached hydrogen (secondary N) is 1. The Morgan fingerprint density at radius 2 is 1.89 bits per heavy atom. The van der Waals surface area contributed by atoms with E-state index in [-0.39, 0.29) is 27.8 Å². The van der Waals surface area contributed by atoms with E-state index in [2.05, 4.69) is 20.6 Å². The molecule has 11 nitrogen and oxygen atoms in total. The zero-order valence-corrected chi connectivity index (χ0v) is 20.5. The zero-order valence-electron chi connectivity index (χ0n) is 18.9. The highest BCUT2D eigenvalue weighted by Crippen LogP contribution is 2.37. The van der Waals surface area contributed by atoms with Crippen molar-refractivity contribution in [1.29, 1.82) is 0 Å². The number of aromatic carboxylic acids is 1. The second-order valence-electron chi connectivity index (χ2n) is 7.63. The normalized spacial score (nSPS) is 12.4. The van der Waals surface area contributed by atoms with Crippen molar-refractivity contribution in [2.45, 2.75) is 11.3 Å². The summed E-state index contributed by atoms with van der Waals surface area (Å²) >= 11 is 5.94. The molecule has 36 heavy (non-hydrogen) atoms. The number of methoxy groups -OCH3 is 1. The van der Waals surface area contributed by atoms with Gasteiger partial charge in [-0.3, -0.25) is 4.31 Å². The van der Waals surface area contributed by atoms with Crippen molar-refractivity contribution in [3.05, 3.63) is 76.8 Å². The maximum absolute atomic E-state index is 13.1. The smallest absolute Gasteiger partial charge is 0.335 e. The highest BCUT2D eigenvalue weighted by molar-refractivity contribution is 7.93. The summed E-state index contributed by atoms with van der Waals surface area (Å²) in [4.78, 5) is 11.1. The van der Waals surface area contributed by atoms with Gasteiger partial charge in [-0.2, -0.15) is 5.21 Å². The molecule has 0 saturated carbocycles. The number of tetrazole rings is 1. The minimum atomic E-state index is -3.93. The molecule has 0 spiro atoms. The number of nitrogens with zero attached hydrogens (tertiary/aromatic N) is 4. The average molecular weight is 529 g/mol. The van der Waals surface area contributed by atoms with Crippen molar-refractivity contribution in [1.82, 2.24) is 20.6 Å². The van der Waals surface area contributed by atoms with Gasteiger partial charge in [0, 0.05) is 22.8 Å². The Kier molecular flexibility index (Phi) is 7.08. The van der Waals surface area contributed by atoms with Gasteiger partial charge in [0.05, 0.1) is 18.4 Å². The molecule has 1 aliphatic heterocycles. The minimum Gasteiger partial charge on any atom is -0.495 e. The number of carboxylic acid groups (broad SMARTS) is 1. The van der Waals surface area contributed by atoms with Gasteiger partial charge < -0.3 is 15.6 Å². The van der Waals surface area contributed by atoms with Crippen LogP contribution in [0.2, 0.25) is 5.02 Å². The van der Waals surface area contributed by atoms with Gasteiger partial charge in [-0.15, -0.1) is 10.2 Å². The predicted octanol–water partition coefficient (Wildman–Crippen LogP) is 3.25. The lowest BCUT2D eigenvalue weighted by Gasteiger charge is -2.21. The number of halogens is 1. The largest absolute Gasteiger partial charge is 0.495 e. The first-order valence-electron chi connectivity index (χ1n) is 10.5. The summed E-state index contributed by atoms with van der Waals surface area (Å²) in [5.74, 6) is -0.348. The number of aromatic nitrogens is 4. The Bertz CT molecular complexity index is 1490. The quantitative estimate of drug-likeness (QED) is 0.330. The van der Waals surface area contributed by atoms with Gasteiger partial charge in [-0.1, -0.05) is 17.7 Å². The molecule has 0 amide bonds. The zero-order chi connectivity index (χ0) is 25.9. The van der Waals surface area contributed by atoms with Crippen molar-refractivity contribution in [3.8, 4) is 17.1 Å². The van der Waals surface area contributed by atoms with Gasteiger partial charge in [-0.05, 0) is 71.8 Å². The Hall–Kier alpha value is -4.16. The lowest BCUT2D eigenvalue weighted by atomic mass is 10.1. The number of rotatable bonds is 5. The molecule has 4 aromatic rings. The molecule has 3 aromatic carbocycles. The Morgan fingerprint density at radius 3 is 2.53 bits per heavy atom. The maximum Gasteiger partial charge on any atom is 0.335 e. The van der Waals surface area contributed by atoms with Crippen LogP contribution in [-0.2, 0) is 16.4 Å². The molecule has 0 saturated heterocycles. The van der Waals surface area contributed by atoms with E-state index in [0.29, 0.717) is 17.9 Å². The molecule has 0 fully saturated rings. The molecule has 2 heterocycles. The summed E-state index contributed by atoms with van der Waals surface area (Å²) in [6.45, 7) is 0.233. The van der Waals surface area contributed by atoms with E-state index >= 15 is 0 Å². The fourth-order valence-corrected chi connectivity index (χ4v) is 5.54. The first-order valence-corrected chi connectivity index (χ1v) is 12.3. The third kappa shape index (κ3) is 5.09. The highest BCUT2D eigenvalue weighted by atomic mass is 35.5. The monoisotopic (exact) mass is 528 g/mol. The van der Waals surface area contributed by atoms with Crippen LogP contribution in [0.3, 0.4) is 0 Å². The second-order valence-corrected chi connectivity index (χ2v) is 9.90. The minimum absolute atomic E-state index is 0.0360. The first-order chi connectivity index (χ1) is 17.2. The number of nitrogen functional groups attached to an aromatic ring is 1. The summed E-state index contributed by atoms with van der Waals surface area (Å²) in [5.41, 5.74) is 8.33. The highest BCUT2D eigenvalue weighted by Gasteiger charge is 2.33. The Balaban J connectivity index is 0.000000211. The number of aromatic amines is 1. The number of ether oxygens (including phenoxy) is 1. The number of H-pyrrole nitrogens is 1. The SMILES string of the molecule is COc1ccc(Cl)cc1S(=O)(=O)N1CCc2ccc(C(=O)O)cc21.Nc1ccc(-c2nn[nH]n2)cc1. The fraction of sp³-hybridized carbons (Fsp3) is 0.130. The van der Waals surface area contributed by atoms with Crippen LogP contribution in [-0.4, -0.2) is 53.8 Å². The molecular formula is C23H21ClN6O5S. The van der Waals surface area contributed by atoms with Crippen molar-refractivity contribution in [2.24, 2.45) is 0 Å². The van der Waals surface area contributed by atoms with Crippen LogP contribution in [0.1, 0.15) is 15.9 Å².